The molecule has 0 radical (unpaired) electrons. The van der Waals surface area contributed by atoms with Crippen LogP contribution in [0.25, 0.3) is 0 Å². The van der Waals surface area contributed by atoms with E-state index in [1.54, 1.807) is 16.7 Å². The Hall–Kier alpha value is -2.26. The van der Waals surface area contributed by atoms with Gasteiger partial charge in [0.05, 0.1) is 6.04 Å². The zero-order valence-corrected chi connectivity index (χ0v) is 16.8. The zero-order chi connectivity index (χ0) is 20.1. The van der Waals surface area contributed by atoms with Crippen LogP contribution in [-0.4, -0.2) is 60.2 Å². The van der Waals surface area contributed by atoms with Gasteiger partial charge in [-0.05, 0) is 56.7 Å². The number of amides is 4. The number of nitrogens with one attached hydrogen (secondary N) is 3. The molecule has 2 heterocycles. The van der Waals surface area contributed by atoms with Gasteiger partial charge in [-0.3, -0.25) is 9.59 Å². The monoisotopic (exact) mass is 405 g/mol. The maximum atomic E-state index is 12.7. The average Bonchev–Trinajstić information content (AvgIpc) is 3.10. The molecule has 0 saturated carbocycles. The predicted octanol–water partition coefficient (Wildman–Crippen LogP) is 1.13. The minimum Gasteiger partial charge on any atom is -0.343 e. The molecule has 8 nitrogen and oxygen atoms in total. The third-order valence-electron chi connectivity index (χ3n) is 5.11. The molecule has 5 N–H and O–H groups in total. The van der Waals surface area contributed by atoms with Crippen molar-refractivity contribution in [3.05, 3.63) is 24.3 Å². The average molecular weight is 406 g/mol. The van der Waals surface area contributed by atoms with Crippen LogP contribution in [0.2, 0.25) is 0 Å². The van der Waals surface area contributed by atoms with Gasteiger partial charge >= 0.3 is 6.03 Å². The Balaban J connectivity index is 1.55. The Morgan fingerprint density at radius 1 is 1.36 bits per heavy atom. The van der Waals surface area contributed by atoms with Gasteiger partial charge in [0, 0.05) is 17.1 Å². The van der Waals surface area contributed by atoms with Gasteiger partial charge in [0.1, 0.15) is 12.1 Å². The van der Waals surface area contributed by atoms with Gasteiger partial charge in [-0.1, -0.05) is 6.07 Å². The minimum absolute atomic E-state index is 0.0704. The fourth-order valence-corrected chi connectivity index (χ4v) is 4.16. The van der Waals surface area contributed by atoms with Gasteiger partial charge in [0.25, 0.3) is 0 Å². The number of anilines is 1. The fourth-order valence-electron chi connectivity index (χ4n) is 3.70. The molecule has 4 amide bonds. The van der Waals surface area contributed by atoms with Crippen molar-refractivity contribution in [1.82, 2.24) is 15.5 Å². The van der Waals surface area contributed by atoms with Crippen LogP contribution in [0.3, 0.4) is 0 Å². The Morgan fingerprint density at radius 2 is 2.18 bits per heavy atom. The first kappa shape index (κ1) is 20.5. The lowest BCUT2D eigenvalue weighted by Gasteiger charge is -2.34. The summed E-state index contributed by atoms with van der Waals surface area (Å²) in [7, 11) is 0. The van der Waals surface area contributed by atoms with Crippen LogP contribution in [0, 0.1) is 0 Å². The van der Waals surface area contributed by atoms with Gasteiger partial charge in [-0.2, -0.15) is 0 Å². The molecular formula is C19H27N5O3S. The lowest BCUT2D eigenvalue weighted by atomic mass is 10.0. The highest BCUT2D eigenvalue weighted by Gasteiger charge is 2.46. The molecule has 0 spiro atoms. The summed E-state index contributed by atoms with van der Waals surface area (Å²) >= 11 is 1.60. The zero-order valence-electron chi connectivity index (χ0n) is 15.9. The quantitative estimate of drug-likeness (QED) is 0.401. The van der Waals surface area contributed by atoms with Crippen molar-refractivity contribution in [2.45, 2.75) is 48.7 Å². The number of rotatable bonds is 7. The lowest BCUT2D eigenvalue weighted by Crippen LogP contribution is -2.61. The Labute approximate surface area is 169 Å². The Kier molecular flexibility index (Phi) is 6.79. The Morgan fingerprint density at radius 3 is 2.93 bits per heavy atom. The number of hydrogen-bond acceptors (Lipinski definition) is 5. The summed E-state index contributed by atoms with van der Waals surface area (Å²) in [5.41, 5.74) is 6.20. The van der Waals surface area contributed by atoms with Gasteiger partial charge < -0.3 is 26.6 Å². The van der Waals surface area contributed by atoms with Gasteiger partial charge in [-0.15, -0.1) is 11.8 Å². The molecule has 0 aromatic heterocycles. The first-order valence-corrected chi connectivity index (χ1v) is 10.8. The predicted molar refractivity (Wildman–Crippen MR) is 109 cm³/mol. The highest BCUT2D eigenvalue weighted by molar-refractivity contribution is 7.98. The summed E-state index contributed by atoms with van der Waals surface area (Å²) in [6.07, 6.45) is 4.61. The summed E-state index contributed by atoms with van der Waals surface area (Å²) in [4.78, 5) is 40.1. The molecule has 0 unspecified atom stereocenters. The molecule has 3 rings (SSSR count). The number of unbranched alkanes of at least 4 members (excludes halogenated alkanes) is 1. The van der Waals surface area contributed by atoms with E-state index in [0.717, 1.165) is 17.7 Å². The van der Waals surface area contributed by atoms with Crippen LogP contribution in [0.1, 0.15) is 25.7 Å². The van der Waals surface area contributed by atoms with Gasteiger partial charge in [-0.25, -0.2) is 4.79 Å². The molecule has 1 aromatic rings. The second kappa shape index (κ2) is 9.29. The molecule has 2 aliphatic rings. The molecule has 2 fully saturated rings. The minimum atomic E-state index is -0.511. The second-order valence-corrected chi connectivity index (χ2v) is 7.99. The standard InChI is InChI=1S/C19H27N5O3S/c1-28-14-6-4-5-12(9-14)21-19(27)22-13-10-16-17(25)23-15(7-2-3-8-20)18(26)24(16)11-13/h4-6,9,13,15-16H,2-3,7-8,10-11,20H2,1H3,(H,23,25)(H2,21,22,27)/t13-,15-,16-/m0/s1. The molecule has 9 heteroatoms. The van der Waals surface area contributed by atoms with E-state index in [9.17, 15) is 14.4 Å². The van der Waals surface area contributed by atoms with Crippen LogP contribution in [0.4, 0.5) is 10.5 Å². The van der Waals surface area contributed by atoms with Gasteiger partial charge in [0.2, 0.25) is 11.8 Å². The van der Waals surface area contributed by atoms with E-state index in [0.29, 0.717) is 31.6 Å². The molecular weight excluding hydrogens is 378 g/mol. The number of benzene rings is 1. The second-order valence-electron chi connectivity index (χ2n) is 7.12. The largest absolute Gasteiger partial charge is 0.343 e. The summed E-state index contributed by atoms with van der Waals surface area (Å²) in [6, 6.07) is 5.97. The van der Waals surface area contributed by atoms with Gasteiger partial charge in [0.15, 0.2) is 0 Å². The molecule has 2 saturated heterocycles. The molecule has 3 atom stereocenters. The number of hydrogen-bond donors (Lipinski definition) is 4. The lowest BCUT2D eigenvalue weighted by molar-refractivity contribution is -0.147. The van der Waals surface area contributed by atoms with Crippen LogP contribution >= 0.6 is 11.8 Å². The van der Waals surface area contributed by atoms with E-state index < -0.39 is 12.1 Å². The number of thioether (sulfide) groups is 1. The summed E-state index contributed by atoms with van der Waals surface area (Å²) in [6.45, 7) is 0.921. The number of nitrogens with two attached hydrogens (primary N) is 1. The van der Waals surface area contributed by atoms with Crippen LogP contribution in [-0.2, 0) is 9.59 Å². The van der Waals surface area contributed by atoms with Crippen LogP contribution < -0.4 is 21.7 Å². The van der Waals surface area contributed by atoms with Crippen molar-refractivity contribution in [2.24, 2.45) is 5.73 Å². The van der Waals surface area contributed by atoms with E-state index in [4.69, 9.17) is 5.73 Å². The van der Waals surface area contributed by atoms with Crippen molar-refractivity contribution in [3.63, 3.8) is 0 Å². The van der Waals surface area contributed by atoms with E-state index in [2.05, 4.69) is 16.0 Å². The molecule has 0 bridgehead atoms. The third kappa shape index (κ3) is 4.77. The summed E-state index contributed by atoms with van der Waals surface area (Å²) in [5.74, 6) is -0.214. The Bertz CT molecular complexity index is 744. The molecule has 1 aromatic carbocycles. The van der Waals surface area contributed by atoms with E-state index in [1.165, 1.54) is 0 Å². The number of piperazine rings is 1. The maximum absolute atomic E-state index is 12.7. The van der Waals surface area contributed by atoms with Crippen molar-refractivity contribution in [2.75, 3.05) is 24.7 Å². The topological polar surface area (TPSA) is 117 Å². The van der Waals surface area contributed by atoms with E-state index >= 15 is 0 Å². The number of nitrogens with zero attached hydrogens (tertiary/aromatic N) is 1. The van der Waals surface area contributed by atoms with Crippen molar-refractivity contribution in [1.29, 1.82) is 0 Å². The highest BCUT2D eigenvalue weighted by atomic mass is 32.2. The molecule has 28 heavy (non-hydrogen) atoms. The number of carbonyl (C=O) groups excluding carboxylic acids is 3. The summed E-state index contributed by atoms with van der Waals surface area (Å²) in [5, 5.41) is 8.51. The van der Waals surface area contributed by atoms with E-state index in [-0.39, 0.29) is 23.9 Å². The number of urea groups is 1. The molecule has 0 aliphatic carbocycles. The third-order valence-corrected chi connectivity index (χ3v) is 5.84. The highest BCUT2D eigenvalue weighted by Crippen LogP contribution is 2.24. The van der Waals surface area contributed by atoms with Crippen molar-refractivity contribution in [3.8, 4) is 0 Å². The first-order chi connectivity index (χ1) is 13.5. The smallest absolute Gasteiger partial charge is 0.319 e. The van der Waals surface area contributed by atoms with Crippen molar-refractivity contribution < 1.29 is 14.4 Å². The van der Waals surface area contributed by atoms with Crippen molar-refractivity contribution >= 4 is 35.3 Å². The first-order valence-electron chi connectivity index (χ1n) is 9.54. The normalized spacial score (nSPS) is 23.9. The number of fused-ring (bicyclic) bond motifs is 1. The number of carbonyl (C=O) groups is 3. The van der Waals surface area contributed by atoms with E-state index in [1.807, 2.05) is 30.5 Å². The van der Waals surface area contributed by atoms with Crippen LogP contribution in [0.15, 0.2) is 29.2 Å². The van der Waals surface area contributed by atoms with Crippen LogP contribution in [0.5, 0.6) is 0 Å². The summed E-state index contributed by atoms with van der Waals surface area (Å²) < 4.78 is 0. The molecule has 2 aliphatic heterocycles. The SMILES string of the molecule is CSc1cccc(NC(=O)N[C@H]2C[C@H]3C(=O)N[C@@H](CCCCN)C(=O)N3C2)c1. The molecule has 152 valence electrons. The fraction of sp³-hybridized carbons (Fsp3) is 0.526. The maximum Gasteiger partial charge on any atom is 0.319 e.